The molecule has 2 aromatic carbocycles. The van der Waals surface area contributed by atoms with Crippen LogP contribution in [0.5, 0.6) is 0 Å². The predicted octanol–water partition coefficient (Wildman–Crippen LogP) is 4.10. The first-order chi connectivity index (χ1) is 9.25. The lowest BCUT2D eigenvalue weighted by atomic mass is 9.98. The number of hydrogen-bond donors (Lipinski definition) is 0. The number of rotatable bonds is 2. The molecule has 1 aromatic heterocycles. The number of Topliss-reactive ketones (excluding diaryl/α,β-unsaturated/α-hetero) is 1. The number of carbonyl (C=O) groups is 1. The Morgan fingerprint density at radius 3 is 2.68 bits per heavy atom. The Hall–Kier alpha value is -2.48. The molecule has 0 saturated carbocycles. The fraction of sp³-hybridized carbons (Fsp3) is 0.0588. The van der Waals surface area contributed by atoms with Crippen molar-refractivity contribution in [3.05, 3.63) is 66.4 Å². The van der Waals surface area contributed by atoms with Crippen LogP contribution in [0.15, 0.2) is 60.8 Å². The third-order valence-corrected chi connectivity index (χ3v) is 3.23. The fourth-order valence-corrected chi connectivity index (χ4v) is 2.26. The van der Waals surface area contributed by atoms with Gasteiger partial charge in [0.1, 0.15) is 0 Å². The summed E-state index contributed by atoms with van der Waals surface area (Å²) in [6, 6.07) is 17.7. The molecule has 0 amide bonds. The van der Waals surface area contributed by atoms with E-state index in [0.29, 0.717) is 0 Å². The molecule has 0 N–H and O–H groups in total. The van der Waals surface area contributed by atoms with Gasteiger partial charge in [-0.2, -0.15) is 0 Å². The molecule has 0 aliphatic rings. The number of hydrogen-bond acceptors (Lipinski definition) is 2. The van der Waals surface area contributed by atoms with E-state index in [0.717, 1.165) is 27.6 Å². The molecule has 3 rings (SSSR count). The third kappa shape index (κ3) is 2.13. The summed E-state index contributed by atoms with van der Waals surface area (Å²) in [4.78, 5) is 15.8. The number of benzene rings is 2. The highest BCUT2D eigenvalue weighted by atomic mass is 16.1. The zero-order chi connectivity index (χ0) is 13.2. The second-order valence-corrected chi connectivity index (χ2v) is 4.51. The molecule has 0 unspecified atom stereocenters. The van der Waals surface area contributed by atoms with Gasteiger partial charge < -0.3 is 0 Å². The van der Waals surface area contributed by atoms with Crippen LogP contribution in [0.4, 0.5) is 0 Å². The number of aromatic nitrogens is 1. The van der Waals surface area contributed by atoms with Crippen molar-refractivity contribution in [2.45, 2.75) is 6.92 Å². The summed E-state index contributed by atoms with van der Waals surface area (Å²) in [6.07, 6.45) is 1.79. The standard InChI is InChI=1S/C17H13NO/c1-12(19)13-5-2-6-14(11-13)15-7-3-9-17-16(15)8-4-10-18-17/h2-11H,1H3. The molecule has 0 radical (unpaired) electrons. The van der Waals surface area contributed by atoms with E-state index in [1.807, 2.05) is 42.5 Å². The van der Waals surface area contributed by atoms with E-state index in [4.69, 9.17) is 0 Å². The molecule has 2 heteroatoms. The number of ketones is 1. The first-order valence-corrected chi connectivity index (χ1v) is 6.21. The lowest BCUT2D eigenvalue weighted by molar-refractivity contribution is 0.101. The van der Waals surface area contributed by atoms with Gasteiger partial charge in [-0.15, -0.1) is 0 Å². The van der Waals surface area contributed by atoms with Crippen LogP contribution in [0.3, 0.4) is 0 Å². The lowest BCUT2D eigenvalue weighted by Gasteiger charge is -2.07. The maximum atomic E-state index is 11.5. The second-order valence-electron chi connectivity index (χ2n) is 4.51. The van der Waals surface area contributed by atoms with E-state index in [1.54, 1.807) is 13.1 Å². The molecule has 0 bridgehead atoms. The zero-order valence-electron chi connectivity index (χ0n) is 10.6. The van der Waals surface area contributed by atoms with Crippen molar-refractivity contribution < 1.29 is 4.79 Å². The molecule has 1 heterocycles. The largest absolute Gasteiger partial charge is 0.295 e. The molecule has 0 spiro atoms. The summed E-state index contributed by atoms with van der Waals surface area (Å²) >= 11 is 0. The third-order valence-electron chi connectivity index (χ3n) is 3.23. The molecule has 0 aliphatic carbocycles. The number of fused-ring (bicyclic) bond motifs is 1. The molecular weight excluding hydrogens is 234 g/mol. The Morgan fingerprint density at radius 2 is 1.84 bits per heavy atom. The van der Waals surface area contributed by atoms with Crippen molar-refractivity contribution in [1.29, 1.82) is 0 Å². The normalized spacial score (nSPS) is 10.6. The van der Waals surface area contributed by atoms with Crippen LogP contribution >= 0.6 is 0 Å². The van der Waals surface area contributed by atoms with Crippen molar-refractivity contribution in [2.75, 3.05) is 0 Å². The maximum Gasteiger partial charge on any atom is 0.159 e. The van der Waals surface area contributed by atoms with Gasteiger partial charge in [-0.3, -0.25) is 9.78 Å². The average Bonchev–Trinajstić information content (AvgIpc) is 2.47. The van der Waals surface area contributed by atoms with Crippen LogP contribution in [0, 0.1) is 0 Å². The van der Waals surface area contributed by atoms with Gasteiger partial charge in [0, 0.05) is 17.1 Å². The van der Waals surface area contributed by atoms with Gasteiger partial charge in [0.15, 0.2) is 5.78 Å². The molecule has 0 fully saturated rings. The summed E-state index contributed by atoms with van der Waals surface area (Å²) in [5.74, 6) is 0.0835. The van der Waals surface area contributed by atoms with Gasteiger partial charge in [-0.25, -0.2) is 0 Å². The Bertz CT molecular complexity index is 757. The SMILES string of the molecule is CC(=O)c1cccc(-c2cccc3ncccc23)c1. The van der Waals surface area contributed by atoms with Crippen LogP contribution in [0.25, 0.3) is 22.0 Å². The number of nitrogens with zero attached hydrogens (tertiary/aromatic N) is 1. The van der Waals surface area contributed by atoms with Crippen LogP contribution < -0.4 is 0 Å². The average molecular weight is 247 g/mol. The monoisotopic (exact) mass is 247 g/mol. The smallest absolute Gasteiger partial charge is 0.159 e. The molecule has 0 aliphatic heterocycles. The predicted molar refractivity (Wildman–Crippen MR) is 77.2 cm³/mol. The van der Waals surface area contributed by atoms with Gasteiger partial charge in [-0.1, -0.05) is 36.4 Å². The van der Waals surface area contributed by atoms with Crippen molar-refractivity contribution in [1.82, 2.24) is 4.98 Å². The molecule has 92 valence electrons. The summed E-state index contributed by atoms with van der Waals surface area (Å²) in [5.41, 5.74) is 3.85. The quantitative estimate of drug-likeness (QED) is 0.638. The molecule has 3 aromatic rings. The molecule has 0 atom stereocenters. The Kier molecular flexibility index (Phi) is 2.84. The Labute approximate surface area is 111 Å². The first kappa shape index (κ1) is 11.6. The Balaban J connectivity index is 2.24. The van der Waals surface area contributed by atoms with Crippen molar-refractivity contribution in [2.24, 2.45) is 0 Å². The number of pyridine rings is 1. The van der Waals surface area contributed by atoms with Gasteiger partial charge >= 0.3 is 0 Å². The van der Waals surface area contributed by atoms with E-state index in [-0.39, 0.29) is 5.78 Å². The van der Waals surface area contributed by atoms with E-state index < -0.39 is 0 Å². The van der Waals surface area contributed by atoms with Crippen LogP contribution in [-0.2, 0) is 0 Å². The lowest BCUT2D eigenvalue weighted by Crippen LogP contribution is -1.92. The van der Waals surface area contributed by atoms with Crippen molar-refractivity contribution >= 4 is 16.7 Å². The minimum absolute atomic E-state index is 0.0835. The van der Waals surface area contributed by atoms with Crippen LogP contribution in [-0.4, -0.2) is 10.8 Å². The topological polar surface area (TPSA) is 30.0 Å². The summed E-state index contributed by atoms with van der Waals surface area (Å²) in [7, 11) is 0. The second kappa shape index (κ2) is 4.65. The van der Waals surface area contributed by atoms with Crippen molar-refractivity contribution in [3.8, 4) is 11.1 Å². The number of carbonyl (C=O) groups excluding carboxylic acids is 1. The summed E-state index contributed by atoms with van der Waals surface area (Å²) in [6.45, 7) is 1.59. The van der Waals surface area contributed by atoms with Crippen LogP contribution in [0.1, 0.15) is 17.3 Å². The van der Waals surface area contributed by atoms with E-state index in [2.05, 4.69) is 17.1 Å². The van der Waals surface area contributed by atoms with Gasteiger partial charge in [-0.05, 0) is 36.2 Å². The highest BCUT2D eigenvalue weighted by Gasteiger charge is 2.06. The molecular formula is C17H13NO. The summed E-state index contributed by atoms with van der Waals surface area (Å²) < 4.78 is 0. The van der Waals surface area contributed by atoms with E-state index in [1.165, 1.54) is 0 Å². The molecule has 0 saturated heterocycles. The summed E-state index contributed by atoms with van der Waals surface area (Å²) in [5, 5.41) is 1.10. The Morgan fingerprint density at radius 1 is 1.00 bits per heavy atom. The van der Waals surface area contributed by atoms with E-state index >= 15 is 0 Å². The van der Waals surface area contributed by atoms with E-state index in [9.17, 15) is 4.79 Å². The minimum Gasteiger partial charge on any atom is -0.295 e. The highest BCUT2D eigenvalue weighted by molar-refractivity contribution is 5.98. The molecule has 2 nitrogen and oxygen atoms in total. The van der Waals surface area contributed by atoms with Gasteiger partial charge in [0.25, 0.3) is 0 Å². The van der Waals surface area contributed by atoms with Gasteiger partial charge in [0.05, 0.1) is 5.52 Å². The first-order valence-electron chi connectivity index (χ1n) is 6.21. The maximum absolute atomic E-state index is 11.5. The molecule has 19 heavy (non-hydrogen) atoms. The fourth-order valence-electron chi connectivity index (χ4n) is 2.26. The van der Waals surface area contributed by atoms with Gasteiger partial charge in [0.2, 0.25) is 0 Å². The van der Waals surface area contributed by atoms with Crippen LogP contribution in [0.2, 0.25) is 0 Å². The minimum atomic E-state index is 0.0835. The van der Waals surface area contributed by atoms with Crippen molar-refractivity contribution in [3.63, 3.8) is 0 Å². The zero-order valence-corrected chi connectivity index (χ0v) is 10.6. The highest BCUT2D eigenvalue weighted by Crippen LogP contribution is 2.28.